The zero-order valence-corrected chi connectivity index (χ0v) is 10.4. The smallest absolute Gasteiger partial charge is 0.420 e. The van der Waals surface area contributed by atoms with E-state index < -0.39 is 15.7 Å². The van der Waals surface area contributed by atoms with Crippen molar-refractivity contribution in [2.45, 2.75) is 9.85 Å². The van der Waals surface area contributed by atoms with Crippen LogP contribution in [0.5, 0.6) is 5.75 Å². The van der Waals surface area contributed by atoms with Gasteiger partial charge in [-0.3, -0.25) is 0 Å². The van der Waals surface area contributed by atoms with Gasteiger partial charge in [0.1, 0.15) is 11.6 Å². The summed E-state index contributed by atoms with van der Waals surface area (Å²) in [6, 6.07) is 3.11. The number of rotatable bonds is 3. The Labute approximate surface area is 101 Å². The Kier molecular flexibility index (Phi) is 3.88. The molecule has 0 aliphatic carbocycles. The third kappa shape index (κ3) is 3.27. The molecule has 1 aromatic carbocycles. The Bertz CT molecular complexity index is 360. The van der Waals surface area contributed by atoms with E-state index in [1.807, 2.05) is 0 Å². The molecule has 0 radical (unpaired) electrons. The minimum atomic E-state index is -3.48. The lowest BCUT2D eigenvalue weighted by molar-refractivity contribution is -0.158. The van der Waals surface area contributed by atoms with Crippen molar-refractivity contribution in [1.82, 2.24) is 0 Å². The van der Waals surface area contributed by atoms with Crippen LogP contribution in [0.2, 0.25) is 0 Å². The van der Waals surface area contributed by atoms with Crippen LogP contribution in [-0.4, -0.2) is 9.85 Å². The summed E-state index contributed by atoms with van der Waals surface area (Å²) in [6.45, 7) is 0. The topological polar surface area (TPSA) is 35.2 Å². The number of hydrogen-bond acceptors (Lipinski definition) is 2. The van der Waals surface area contributed by atoms with E-state index in [0.717, 1.165) is 18.2 Å². The summed E-state index contributed by atoms with van der Waals surface area (Å²) in [7, 11) is 0. The van der Waals surface area contributed by atoms with Gasteiger partial charge in [0, 0.05) is 6.07 Å². The maximum atomic E-state index is 13.0. The molecule has 7 heteroatoms. The van der Waals surface area contributed by atoms with E-state index >= 15 is 0 Å². The van der Waals surface area contributed by atoms with E-state index in [0.29, 0.717) is 0 Å². The summed E-state index contributed by atoms with van der Waals surface area (Å²) >= 11 is 5.22. The molecule has 2 N–H and O–H groups in total. The van der Waals surface area contributed by atoms with Crippen LogP contribution in [0.15, 0.2) is 18.2 Å². The van der Waals surface area contributed by atoms with Crippen molar-refractivity contribution < 1.29 is 17.9 Å². The second-order valence-corrected chi connectivity index (χ2v) is 5.71. The molecule has 0 spiro atoms. The van der Waals surface area contributed by atoms with Crippen molar-refractivity contribution in [2.75, 3.05) is 5.73 Å². The van der Waals surface area contributed by atoms with E-state index in [9.17, 15) is 13.2 Å². The molecule has 0 unspecified atom stereocenters. The van der Waals surface area contributed by atoms with Crippen molar-refractivity contribution in [2.24, 2.45) is 0 Å². The average molecular weight is 349 g/mol. The van der Waals surface area contributed by atoms with Gasteiger partial charge in [-0.05, 0) is 12.1 Å². The fraction of sp³-hybridized carbons (Fsp3) is 0.250. The van der Waals surface area contributed by atoms with Crippen LogP contribution in [0.25, 0.3) is 0 Å². The number of nitrogens with two attached hydrogens (primary N) is 1. The molecule has 1 rings (SSSR count). The van der Waals surface area contributed by atoms with Gasteiger partial charge in [-0.15, -0.1) is 0 Å². The first-order valence-electron chi connectivity index (χ1n) is 3.73. The highest BCUT2D eigenvalue weighted by molar-refractivity contribution is 9.24. The number of ether oxygens (including phenoxy) is 1. The van der Waals surface area contributed by atoms with Gasteiger partial charge in [-0.25, -0.2) is 4.39 Å². The molecule has 0 aliphatic heterocycles. The van der Waals surface area contributed by atoms with Gasteiger partial charge >= 0.3 is 6.11 Å². The Hall–Kier alpha value is -0.430. The van der Waals surface area contributed by atoms with E-state index in [2.05, 4.69) is 36.6 Å². The first kappa shape index (κ1) is 12.6. The Morgan fingerprint density at radius 1 is 1.33 bits per heavy atom. The van der Waals surface area contributed by atoms with Gasteiger partial charge in [0.05, 0.1) is 5.69 Å². The molecule has 0 saturated carbocycles. The van der Waals surface area contributed by atoms with E-state index in [-0.39, 0.29) is 11.4 Å². The van der Waals surface area contributed by atoms with Gasteiger partial charge in [0.2, 0.25) is 0 Å². The summed E-state index contributed by atoms with van der Waals surface area (Å²) < 4.78 is 41.8. The fourth-order valence-corrected chi connectivity index (χ4v) is 0.960. The second kappa shape index (κ2) is 4.61. The summed E-state index contributed by atoms with van der Waals surface area (Å²) in [6.07, 6.45) is -3.48. The predicted octanol–water partition coefficient (Wildman–Crippen LogP) is 3.50. The Balaban J connectivity index is 2.86. The molecule has 1 aromatic rings. The molecule has 0 atom stereocenters. The minimum absolute atomic E-state index is 0.125. The lowest BCUT2D eigenvalue weighted by Gasteiger charge is -2.19. The zero-order chi connectivity index (χ0) is 11.6. The molecule has 0 aromatic heterocycles. The molecule has 0 bridgehead atoms. The molecule has 0 saturated heterocycles. The van der Waals surface area contributed by atoms with E-state index in [1.54, 1.807) is 0 Å². The molecule has 15 heavy (non-hydrogen) atoms. The van der Waals surface area contributed by atoms with Crippen molar-refractivity contribution in [3.63, 3.8) is 0 Å². The number of alkyl halides is 4. The molecular weight excluding hydrogens is 343 g/mol. The highest BCUT2D eigenvalue weighted by Crippen LogP contribution is 2.33. The number of benzene rings is 1. The van der Waals surface area contributed by atoms with Crippen LogP contribution >= 0.6 is 31.9 Å². The Morgan fingerprint density at radius 2 is 1.93 bits per heavy atom. The van der Waals surface area contributed by atoms with Crippen LogP contribution < -0.4 is 10.5 Å². The van der Waals surface area contributed by atoms with Gasteiger partial charge in [0.25, 0.3) is 0 Å². The SMILES string of the molecule is Nc1ccc(OC(F)(F)C(Br)Br)cc1F. The molecule has 0 aliphatic rings. The molecule has 0 heterocycles. The Morgan fingerprint density at radius 3 is 2.40 bits per heavy atom. The minimum Gasteiger partial charge on any atom is -0.431 e. The predicted molar refractivity (Wildman–Crippen MR) is 58.0 cm³/mol. The standard InChI is InChI=1S/C8H6Br2F3NO/c9-7(10)8(12,13)15-4-1-2-6(14)5(11)3-4/h1-3,7H,14H2. The van der Waals surface area contributed by atoms with Crippen molar-refractivity contribution in [1.29, 1.82) is 0 Å². The summed E-state index contributed by atoms with van der Waals surface area (Å²) in [5.74, 6) is -1.10. The van der Waals surface area contributed by atoms with Crippen molar-refractivity contribution in [3.05, 3.63) is 24.0 Å². The van der Waals surface area contributed by atoms with E-state index in [4.69, 9.17) is 5.73 Å². The average Bonchev–Trinajstić information content (AvgIpc) is 2.10. The largest absolute Gasteiger partial charge is 0.431 e. The van der Waals surface area contributed by atoms with Gasteiger partial charge < -0.3 is 10.5 Å². The maximum Gasteiger partial charge on any atom is 0.420 e. The van der Waals surface area contributed by atoms with Crippen LogP contribution in [0.4, 0.5) is 18.9 Å². The summed E-state index contributed by atoms with van der Waals surface area (Å²) in [5, 5.41) is 0. The van der Waals surface area contributed by atoms with Crippen molar-refractivity contribution >= 4 is 37.5 Å². The molecular formula is C8H6Br2F3NO. The van der Waals surface area contributed by atoms with E-state index in [1.165, 1.54) is 0 Å². The fourth-order valence-electron chi connectivity index (χ4n) is 0.773. The third-order valence-corrected chi connectivity index (χ3v) is 2.55. The summed E-state index contributed by atoms with van der Waals surface area (Å²) in [4.78, 5) is 0. The highest BCUT2D eigenvalue weighted by atomic mass is 79.9. The van der Waals surface area contributed by atoms with Crippen LogP contribution in [0, 0.1) is 5.82 Å². The maximum absolute atomic E-state index is 13.0. The number of anilines is 1. The lowest BCUT2D eigenvalue weighted by Crippen LogP contribution is -2.31. The van der Waals surface area contributed by atoms with Crippen LogP contribution in [-0.2, 0) is 0 Å². The third-order valence-electron chi connectivity index (χ3n) is 1.48. The first-order chi connectivity index (χ1) is 6.83. The molecule has 0 amide bonds. The van der Waals surface area contributed by atoms with Gasteiger partial charge in [0.15, 0.2) is 3.74 Å². The van der Waals surface area contributed by atoms with Crippen LogP contribution in [0.1, 0.15) is 0 Å². The monoisotopic (exact) mass is 347 g/mol. The normalized spacial score (nSPS) is 11.9. The lowest BCUT2D eigenvalue weighted by atomic mass is 10.3. The molecule has 2 nitrogen and oxygen atoms in total. The van der Waals surface area contributed by atoms with Crippen molar-refractivity contribution in [3.8, 4) is 5.75 Å². The second-order valence-electron chi connectivity index (χ2n) is 2.65. The number of nitrogen functional groups attached to an aromatic ring is 1. The summed E-state index contributed by atoms with van der Waals surface area (Å²) in [5.41, 5.74) is 5.05. The van der Waals surface area contributed by atoms with Gasteiger partial charge in [-0.1, -0.05) is 31.9 Å². The first-order valence-corrected chi connectivity index (χ1v) is 5.56. The highest BCUT2D eigenvalue weighted by Gasteiger charge is 2.39. The number of halogens is 5. The van der Waals surface area contributed by atoms with Gasteiger partial charge in [-0.2, -0.15) is 8.78 Å². The molecule has 84 valence electrons. The quantitative estimate of drug-likeness (QED) is 0.670. The zero-order valence-electron chi connectivity index (χ0n) is 7.18. The number of hydrogen-bond donors (Lipinski definition) is 1. The molecule has 0 fully saturated rings. The van der Waals surface area contributed by atoms with Crippen LogP contribution in [0.3, 0.4) is 0 Å².